The first-order valence-electron chi connectivity index (χ1n) is 7.69. The topological polar surface area (TPSA) is 77.3 Å². The summed E-state index contributed by atoms with van der Waals surface area (Å²) in [5, 5.41) is 0. The summed E-state index contributed by atoms with van der Waals surface area (Å²) >= 11 is 0. The van der Waals surface area contributed by atoms with Gasteiger partial charge in [0.2, 0.25) is 0 Å². The second-order valence-electron chi connectivity index (χ2n) is 5.37. The maximum atomic E-state index is 14.2. The van der Waals surface area contributed by atoms with Crippen molar-refractivity contribution in [3.05, 3.63) is 72.8 Å². The minimum atomic E-state index is -0.675. The molecular weight excluding hydrogens is 357 g/mol. The average Bonchev–Trinajstić information content (AvgIpc) is 2.69. The molecule has 0 bridgehead atoms. The van der Waals surface area contributed by atoms with Crippen LogP contribution in [0.5, 0.6) is 0 Å². The van der Waals surface area contributed by atoms with E-state index in [0.29, 0.717) is 0 Å². The minimum Gasteiger partial charge on any atom is -0.262 e. The Morgan fingerprint density at radius 1 is 0.481 bits per heavy atom. The highest BCUT2D eigenvalue weighted by Gasteiger charge is 2.18. The molecule has 0 N–H and O–H groups in total. The van der Waals surface area contributed by atoms with E-state index >= 15 is 0 Å². The molecule has 9 heteroatoms. The van der Waals surface area contributed by atoms with Crippen LogP contribution < -0.4 is 0 Å². The third-order valence-corrected chi connectivity index (χ3v) is 3.68. The molecule has 0 amide bonds. The molecule has 0 aromatic carbocycles. The van der Waals surface area contributed by atoms with Crippen LogP contribution in [0.1, 0.15) is 0 Å². The van der Waals surface area contributed by atoms with Gasteiger partial charge in [-0.25, -0.2) is 28.1 Å². The number of hydrogen-bond donors (Lipinski definition) is 0. The Balaban J connectivity index is 1.99. The van der Waals surface area contributed by atoms with Crippen LogP contribution in [-0.2, 0) is 0 Å². The van der Waals surface area contributed by atoms with Crippen molar-refractivity contribution < 1.29 is 13.2 Å². The molecule has 4 aromatic rings. The first-order valence-corrected chi connectivity index (χ1v) is 7.69. The monoisotopic (exact) mass is 366 g/mol. The maximum Gasteiger partial charge on any atom is 0.167 e. The summed E-state index contributed by atoms with van der Waals surface area (Å²) in [6, 6.07) is 4.10. The molecule has 6 nitrogen and oxygen atoms in total. The summed E-state index contributed by atoms with van der Waals surface area (Å²) in [7, 11) is 0. The molecule has 0 spiro atoms. The van der Waals surface area contributed by atoms with E-state index in [0.717, 1.165) is 18.6 Å². The van der Waals surface area contributed by atoms with Crippen LogP contribution in [0.2, 0.25) is 0 Å². The Morgan fingerprint density at radius 3 is 1.04 bits per heavy atom. The fraction of sp³-hybridized carbons (Fsp3) is 0. The van der Waals surface area contributed by atoms with E-state index in [-0.39, 0.29) is 34.2 Å². The van der Waals surface area contributed by atoms with Crippen LogP contribution in [-0.4, -0.2) is 29.9 Å². The molecule has 0 aliphatic heterocycles. The van der Waals surface area contributed by atoms with Crippen LogP contribution in [0.3, 0.4) is 0 Å². The Hall–Kier alpha value is -3.75. The van der Waals surface area contributed by atoms with Gasteiger partial charge in [-0.1, -0.05) is 0 Å². The highest BCUT2D eigenvalue weighted by molar-refractivity contribution is 5.66. The fourth-order valence-corrected chi connectivity index (χ4v) is 2.41. The van der Waals surface area contributed by atoms with Gasteiger partial charge in [0.15, 0.2) is 34.9 Å². The quantitative estimate of drug-likeness (QED) is 0.553. The summed E-state index contributed by atoms with van der Waals surface area (Å²) in [6.07, 6.45) is 7.08. The molecule has 132 valence electrons. The van der Waals surface area contributed by atoms with Crippen LogP contribution in [0, 0.1) is 17.5 Å². The molecule has 4 aromatic heterocycles. The number of halogens is 3. The van der Waals surface area contributed by atoms with Crippen LogP contribution in [0.25, 0.3) is 34.2 Å². The molecule has 27 heavy (non-hydrogen) atoms. The number of nitrogens with zero attached hydrogens (tertiary/aromatic N) is 6. The van der Waals surface area contributed by atoms with Crippen molar-refractivity contribution in [1.82, 2.24) is 29.9 Å². The zero-order chi connectivity index (χ0) is 18.8. The Kier molecular flexibility index (Phi) is 4.25. The van der Waals surface area contributed by atoms with Gasteiger partial charge < -0.3 is 0 Å². The molecule has 0 fully saturated rings. The largest absolute Gasteiger partial charge is 0.262 e. The number of aromatic nitrogens is 6. The third-order valence-electron chi connectivity index (χ3n) is 3.68. The molecular formula is C18H9F3N6. The zero-order valence-electron chi connectivity index (χ0n) is 13.5. The second kappa shape index (κ2) is 6.87. The first-order chi connectivity index (χ1) is 13.1. The summed E-state index contributed by atoms with van der Waals surface area (Å²) < 4.78 is 42.5. The molecule has 4 heterocycles. The van der Waals surface area contributed by atoms with E-state index in [1.165, 1.54) is 36.8 Å². The van der Waals surface area contributed by atoms with Gasteiger partial charge in [-0.3, -0.25) is 15.0 Å². The fourth-order valence-electron chi connectivity index (χ4n) is 2.41. The summed E-state index contributed by atoms with van der Waals surface area (Å²) in [5.41, 5.74) is 0.0801. The van der Waals surface area contributed by atoms with Gasteiger partial charge in [-0.15, -0.1) is 0 Å². The molecule has 0 aliphatic carbocycles. The molecule has 0 aliphatic rings. The van der Waals surface area contributed by atoms with Crippen molar-refractivity contribution >= 4 is 0 Å². The molecule has 0 saturated heterocycles. The summed E-state index contributed by atoms with van der Waals surface area (Å²) in [6.45, 7) is 0. The normalized spacial score (nSPS) is 10.8. The smallest absolute Gasteiger partial charge is 0.167 e. The van der Waals surface area contributed by atoms with Gasteiger partial charge in [0.05, 0.1) is 35.3 Å². The van der Waals surface area contributed by atoms with Crippen molar-refractivity contribution in [2.45, 2.75) is 0 Å². The van der Waals surface area contributed by atoms with E-state index < -0.39 is 17.5 Å². The van der Waals surface area contributed by atoms with Crippen molar-refractivity contribution in [3.8, 4) is 34.2 Å². The van der Waals surface area contributed by atoms with Crippen LogP contribution in [0.15, 0.2) is 55.4 Å². The van der Waals surface area contributed by atoms with Gasteiger partial charge in [0.25, 0.3) is 0 Å². The average molecular weight is 366 g/mol. The number of hydrogen-bond acceptors (Lipinski definition) is 6. The SMILES string of the molecule is Fc1cnccc1-c1nc(-c2ccncc2F)nc(-c2ccncc2F)n1. The number of pyridine rings is 3. The molecule has 0 radical (unpaired) electrons. The predicted molar refractivity (Wildman–Crippen MR) is 89.4 cm³/mol. The van der Waals surface area contributed by atoms with Crippen molar-refractivity contribution in [2.24, 2.45) is 0 Å². The summed E-state index contributed by atoms with van der Waals surface area (Å²) in [5.74, 6) is -2.27. The van der Waals surface area contributed by atoms with E-state index in [9.17, 15) is 13.2 Å². The molecule has 0 atom stereocenters. The van der Waals surface area contributed by atoms with Gasteiger partial charge in [0, 0.05) is 18.6 Å². The lowest BCUT2D eigenvalue weighted by molar-refractivity contribution is 0.621. The lowest BCUT2D eigenvalue weighted by Crippen LogP contribution is -2.03. The number of rotatable bonds is 3. The molecule has 0 unspecified atom stereocenters. The highest BCUT2D eigenvalue weighted by Crippen LogP contribution is 2.27. The molecule has 0 saturated carbocycles. The first kappa shape index (κ1) is 16.7. The zero-order valence-corrected chi connectivity index (χ0v) is 13.5. The van der Waals surface area contributed by atoms with Crippen LogP contribution >= 0.6 is 0 Å². The Morgan fingerprint density at radius 2 is 0.778 bits per heavy atom. The predicted octanol–water partition coefficient (Wildman–Crippen LogP) is 3.47. The van der Waals surface area contributed by atoms with Crippen molar-refractivity contribution in [2.75, 3.05) is 0 Å². The highest BCUT2D eigenvalue weighted by atomic mass is 19.1. The van der Waals surface area contributed by atoms with E-state index in [1.807, 2.05) is 0 Å². The van der Waals surface area contributed by atoms with Crippen LogP contribution in [0.4, 0.5) is 13.2 Å². The van der Waals surface area contributed by atoms with Crippen molar-refractivity contribution in [1.29, 1.82) is 0 Å². The standard InChI is InChI=1S/C18H9F3N6/c19-13-7-22-4-1-10(13)16-25-17(11-2-5-23-8-14(11)20)27-18(26-16)12-3-6-24-9-15(12)21/h1-9H. The van der Waals surface area contributed by atoms with Crippen molar-refractivity contribution in [3.63, 3.8) is 0 Å². The van der Waals surface area contributed by atoms with E-state index in [4.69, 9.17) is 0 Å². The van der Waals surface area contributed by atoms with E-state index in [2.05, 4.69) is 29.9 Å². The maximum absolute atomic E-state index is 14.2. The van der Waals surface area contributed by atoms with Gasteiger partial charge in [0.1, 0.15) is 0 Å². The van der Waals surface area contributed by atoms with Gasteiger partial charge in [-0.05, 0) is 18.2 Å². The lowest BCUT2D eigenvalue weighted by Gasteiger charge is -2.09. The third kappa shape index (κ3) is 3.22. The Labute approximate surface area is 150 Å². The Bertz CT molecular complexity index is 981. The lowest BCUT2D eigenvalue weighted by atomic mass is 10.2. The second-order valence-corrected chi connectivity index (χ2v) is 5.37. The van der Waals surface area contributed by atoms with Gasteiger partial charge >= 0.3 is 0 Å². The minimum absolute atomic E-state index is 0.0267. The van der Waals surface area contributed by atoms with Gasteiger partial charge in [-0.2, -0.15) is 0 Å². The summed E-state index contributed by atoms with van der Waals surface area (Å²) in [4.78, 5) is 23.5. The van der Waals surface area contributed by atoms with E-state index in [1.54, 1.807) is 0 Å². The molecule has 4 rings (SSSR count).